The molecule has 0 saturated heterocycles. The highest BCUT2D eigenvalue weighted by molar-refractivity contribution is 6.01. The van der Waals surface area contributed by atoms with Crippen molar-refractivity contribution >= 4 is 101 Å². The largest absolute Gasteiger partial charge is 0.311 e. The van der Waals surface area contributed by atoms with Crippen molar-refractivity contribution in [3.63, 3.8) is 0 Å². The molecule has 0 amide bonds. The van der Waals surface area contributed by atoms with Crippen molar-refractivity contribution in [3.05, 3.63) is 363 Å². The Morgan fingerprint density at radius 3 is 0.766 bits per heavy atom. The molecule has 0 spiro atoms. The van der Waals surface area contributed by atoms with E-state index in [1.807, 2.05) is 12.1 Å². The zero-order chi connectivity index (χ0) is 63.2. The lowest BCUT2D eigenvalue weighted by Gasteiger charge is -2.28. The Balaban J connectivity index is 0.599. The summed E-state index contributed by atoms with van der Waals surface area (Å²) >= 11 is 0. The molecule has 0 aliphatic heterocycles. The average Bonchev–Trinajstić information content (AvgIpc) is 0.983. The number of hydrogen-bond donors (Lipinski definition) is 0. The van der Waals surface area contributed by atoms with Gasteiger partial charge in [-0.2, -0.15) is 0 Å². The first kappa shape index (κ1) is 58.5. The van der Waals surface area contributed by atoms with Gasteiger partial charge in [-0.1, -0.05) is 218 Å². The van der Waals surface area contributed by atoms with E-state index >= 15 is 0 Å². The van der Waals surface area contributed by atoms with Crippen molar-refractivity contribution in [1.82, 2.24) is 0 Å². The Hall–Kier alpha value is -11.9. The summed E-state index contributed by atoms with van der Waals surface area (Å²) in [5, 5.41) is 4.79. The number of para-hydroxylation sites is 4. The quantitative estimate of drug-likeness (QED) is 0.0853. The van der Waals surface area contributed by atoms with Crippen LogP contribution in [0, 0.1) is 11.8 Å². The van der Waals surface area contributed by atoms with Gasteiger partial charge in [-0.05, 0) is 190 Å². The van der Waals surface area contributed by atoms with E-state index in [4.69, 9.17) is 0 Å². The lowest BCUT2D eigenvalue weighted by atomic mass is 9.75. The van der Waals surface area contributed by atoms with Gasteiger partial charge in [-0.25, -0.2) is 0 Å². The molecule has 2 atom stereocenters. The molecule has 452 valence electrons. The van der Waals surface area contributed by atoms with Crippen molar-refractivity contribution in [1.29, 1.82) is 0 Å². The summed E-state index contributed by atoms with van der Waals surface area (Å²) in [5.41, 5.74) is 19.3. The van der Waals surface area contributed by atoms with Crippen molar-refractivity contribution in [3.8, 4) is 22.3 Å². The molecule has 1 aliphatic carbocycles. The molecule has 6 heteroatoms. The molecule has 94 heavy (non-hydrogen) atoms. The second kappa shape index (κ2) is 26.5. The van der Waals surface area contributed by atoms with Crippen LogP contribution in [0.1, 0.15) is 24.0 Å². The molecule has 14 aromatic carbocycles. The summed E-state index contributed by atoms with van der Waals surface area (Å²) in [7, 11) is 0. The molecular weight excluding hydrogens is 1140 g/mol. The Bertz CT molecular complexity index is 4580. The molecule has 14 aromatic rings. The van der Waals surface area contributed by atoms with Gasteiger partial charge in [0.2, 0.25) is 0 Å². The third-order valence-electron chi connectivity index (χ3n) is 18.4. The van der Waals surface area contributed by atoms with Crippen LogP contribution >= 0.6 is 0 Å². The fraction of sp³-hybridized carbons (Fsp3) is 0.0682. The number of Topliss-reactive ketones (excluding diaryl/α,β-unsaturated/α-hetero) is 2. The maximum absolute atomic E-state index is 14.0. The predicted octanol–water partition coefficient (Wildman–Crippen LogP) is 23.2. The highest BCUT2D eigenvalue weighted by Crippen LogP contribution is 2.44. The number of rotatable bonds is 18. The highest BCUT2D eigenvalue weighted by Gasteiger charge is 2.35. The maximum atomic E-state index is 14.0. The summed E-state index contributed by atoms with van der Waals surface area (Å²) in [4.78, 5) is 37.2. The van der Waals surface area contributed by atoms with E-state index in [-0.39, 0.29) is 36.2 Å². The minimum atomic E-state index is -0.348. The van der Waals surface area contributed by atoms with Crippen LogP contribution in [0.3, 0.4) is 0 Å². The Kier molecular flexibility index (Phi) is 16.5. The topological polar surface area (TPSA) is 47.1 Å². The number of anilines is 12. The summed E-state index contributed by atoms with van der Waals surface area (Å²) < 4.78 is 0. The lowest BCUT2D eigenvalue weighted by molar-refractivity contribution is -0.136. The molecule has 0 bridgehead atoms. The molecular formula is C88H68N4O2. The first-order chi connectivity index (χ1) is 46.4. The van der Waals surface area contributed by atoms with Gasteiger partial charge >= 0.3 is 0 Å². The fourth-order valence-corrected chi connectivity index (χ4v) is 13.6. The average molecular weight is 1210 g/mol. The van der Waals surface area contributed by atoms with Gasteiger partial charge in [0, 0.05) is 92.3 Å². The van der Waals surface area contributed by atoms with Gasteiger partial charge in [0.1, 0.15) is 11.6 Å². The normalized spacial score (nSPS) is 13.8. The molecule has 1 aliphatic rings. The van der Waals surface area contributed by atoms with Gasteiger partial charge in [0.15, 0.2) is 0 Å². The van der Waals surface area contributed by atoms with Crippen LogP contribution in [-0.2, 0) is 22.4 Å². The van der Waals surface area contributed by atoms with E-state index in [0.717, 1.165) is 102 Å². The van der Waals surface area contributed by atoms with Gasteiger partial charge < -0.3 is 19.6 Å². The SMILES string of the molecule is O=C1CC(Cc2ccc(N(c3ccccc3)c3ccc(-c4ccc(N(c5ccccc5)c5cccc6ccccc56)cc4)cc3)cc2)C(=O)CC1Cc1ccc(N(c2ccccc2)c2ccc(-c3ccc(N(c4ccccc4)c4cccc5ccccc45)cc3)cc2)cc1. The number of fused-ring (bicyclic) bond motifs is 2. The fourth-order valence-electron chi connectivity index (χ4n) is 13.6. The first-order valence-corrected chi connectivity index (χ1v) is 32.4. The minimum absolute atomic E-state index is 0.161. The lowest BCUT2D eigenvalue weighted by Crippen LogP contribution is -2.34. The number of hydrogen-bond acceptors (Lipinski definition) is 6. The van der Waals surface area contributed by atoms with Crippen LogP contribution in [0.5, 0.6) is 0 Å². The number of nitrogens with zero attached hydrogens (tertiary/aromatic N) is 4. The maximum Gasteiger partial charge on any atom is 0.137 e. The van der Waals surface area contributed by atoms with Crippen LogP contribution in [0.25, 0.3) is 43.8 Å². The Labute approximate surface area is 550 Å². The number of carbonyl (C=O) groups excluding carboxylic acids is 2. The van der Waals surface area contributed by atoms with E-state index in [1.165, 1.54) is 21.5 Å². The molecule has 0 N–H and O–H groups in total. The Morgan fingerprint density at radius 1 is 0.223 bits per heavy atom. The van der Waals surface area contributed by atoms with Gasteiger partial charge in [0.05, 0.1) is 11.4 Å². The predicted molar refractivity (Wildman–Crippen MR) is 391 cm³/mol. The van der Waals surface area contributed by atoms with E-state index in [9.17, 15) is 9.59 Å². The van der Waals surface area contributed by atoms with Gasteiger partial charge in [-0.3, -0.25) is 9.59 Å². The van der Waals surface area contributed by atoms with Crippen LogP contribution in [0.2, 0.25) is 0 Å². The highest BCUT2D eigenvalue weighted by atomic mass is 16.1. The Morgan fingerprint density at radius 2 is 0.457 bits per heavy atom. The second-order valence-electron chi connectivity index (χ2n) is 24.3. The molecule has 6 nitrogen and oxygen atoms in total. The zero-order valence-corrected chi connectivity index (χ0v) is 52.1. The van der Waals surface area contributed by atoms with Crippen LogP contribution in [0.4, 0.5) is 68.2 Å². The van der Waals surface area contributed by atoms with Crippen molar-refractivity contribution in [2.45, 2.75) is 25.7 Å². The standard InChI is InChI=1S/C88H68N4O2/c93-87-62-72(60-64-37-49-78(50-38-64)90(74-25-7-2-8-26-74)80-53-41-66(42-54-80)68-45-57-82(58-46-68)92(76-29-11-4-12-30-76)86-34-18-22-70-20-14-16-32-84(70)86)88(94)61-71(87)59-63-35-47-77(48-36-63)89(73-23-5-1-6-24-73)79-51-39-65(40-52-79)67-43-55-81(56-44-67)91(75-27-9-3-10-28-75)85-33-17-21-69-19-13-15-31-83(69)85/h1-58,71-72H,59-62H2. The van der Waals surface area contributed by atoms with Gasteiger partial charge in [-0.15, -0.1) is 0 Å². The molecule has 0 heterocycles. The number of carbonyl (C=O) groups is 2. The number of benzene rings is 14. The summed E-state index contributed by atoms with van der Waals surface area (Å²) in [6.45, 7) is 0. The smallest absolute Gasteiger partial charge is 0.137 e. The van der Waals surface area contributed by atoms with E-state index in [0.29, 0.717) is 12.8 Å². The molecule has 0 radical (unpaired) electrons. The van der Waals surface area contributed by atoms with E-state index in [2.05, 4.69) is 359 Å². The molecule has 15 rings (SSSR count). The van der Waals surface area contributed by atoms with E-state index < -0.39 is 0 Å². The first-order valence-electron chi connectivity index (χ1n) is 32.4. The molecule has 1 saturated carbocycles. The third-order valence-corrected chi connectivity index (χ3v) is 18.4. The molecule has 2 unspecified atom stereocenters. The van der Waals surface area contributed by atoms with Crippen molar-refractivity contribution in [2.75, 3.05) is 19.6 Å². The number of ketones is 2. The molecule has 0 aromatic heterocycles. The second-order valence-corrected chi connectivity index (χ2v) is 24.3. The van der Waals surface area contributed by atoms with E-state index in [1.54, 1.807) is 0 Å². The van der Waals surface area contributed by atoms with Crippen molar-refractivity contribution in [2.24, 2.45) is 11.8 Å². The summed E-state index contributed by atoms with van der Waals surface area (Å²) in [5.74, 6) is -0.373. The van der Waals surface area contributed by atoms with Crippen molar-refractivity contribution < 1.29 is 9.59 Å². The van der Waals surface area contributed by atoms with Crippen LogP contribution in [0.15, 0.2) is 352 Å². The summed E-state index contributed by atoms with van der Waals surface area (Å²) in [6.07, 6.45) is 1.56. The van der Waals surface area contributed by atoms with Crippen LogP contribution in [-0.4, -0.2) is 11.6 Å². The van der Waals surface area contributed by atoms with Gasteiger partial charge in [0.25, 0.3) is 0 Å². The minimum Gasteiger partial charge on any atom is -0.311 e. The third kappa shape index (κ3) is 12.3. The monoisotopic (exact) mass is 1210 g/mol. The molecule has 1 fully saturated rings. The zero-order valence-electron chi connectivity index (χ0n) is 52.1. The summed E-state index contributed by atoms with van der Waals surface area (Å²) in [6, 6.07) is 124. The van der Waals surface area contributed by atoms with Crippen LogP contribution < -0.4 is 19.6 Å².